The largest absolute Gasteiger partial charge is 0.383 e. The van der Waals surface area contributed by atoms with Gasteiger partial charge < -0.3 is 24.8 Å². The number of nitrogens with one attached hydrogen (secondary N) is 2. The second-order valence-corrected chi connectivity index (χ2v) is 4.57. The molecule has 20 heavy (non-hydrogen) atoms. The zero-order valence-corrected chi connectivity index (χ0v) is 13.4. The Kier molecular flexibility index (Phi) is 13.9. The van der Waals surface area contributed by atoms with Gasteiger partial charge in [-0.3, -0.25) is 4.99 Å². The molecule has 0 aliphatic carbocycles. The maximum absolute atomic E-state index is 5.40. The third kappa shape index (κ3) is 12.2. The van der Waals surface area contributed by atoms with E-state index in [1.807, 2.05) is 0 Å². The van der Waals surface area contributed by atoms with E-state index in [0.717, 1.165) is 38.5 Å². The molecule has 0 saturated heterocycles. The summed E-state index contributed by atoms with van der Waals surface area (Å²) in [6.07, 6.45) is 2.03. The standard InChI is InChI=1S/C14H31N3O3/c1-5-15-14(17-13(2)12-19-4)16-8-6-7-9-20-11-10-18-3/h13H,5-12H2,1-4H3,(H2,15,16,17). The Bertz CT molecular complexity index is 238. The smallest absolute Gasteiger partial charge is 0.191 e. The predicted molar refractivity (Wildman–Crippen MR) is 82.4 cm³/mol. The molecule has 0 spiro atoms. The maximum Gasteiger partial charge on any atom is 0.191 e. The summed E-state index contributed by atoms with van der Waals surface area (Å²) in [6, 6.07) is 0.246. The number of aliphatic imine (C=N–C) groups is 1. The summed E-state index contributed by atoms with van der Waals surface area (Å²) in [4.78, 5) is 4.53. The molecule has 0 aliphatic heterocycles. The monoisotopic (exact) mass is 289 g/mol. The second kappa shape index (κ2) is 14.6. The summed E-state index contributed by atoms with van der Waals surface area (Å²) < 4.78 is 15.4. The van der Waals surface area contributed by atoms with Crippen LogP contribution in [0.25, 0.3) is 0 Å². The molecule has 0 radical (unpaired) electrons. The minimum absolute atomic E-state index is 0.246. The third-order valence-electron chi connectivity index (χ3n) is 2.54. The van der Waals surface area contributed by atoms with Gasteiger partial charge in [0.25, 0.3) is 0 Å². The first kappa shape index (κ1) is 19.1. The molecule has 0 saturated carbocycles. The first-order valence-electron chi connectivity index (χ1n) is 7.35. The van der Waals surface area contributed by atoms with Gasteiger partial charge in [0.05, 0.1) is 19.8 Å². The average Bonchev–Trinajstić information content (AvgIpc) is 2.42. The van der Waals surface area contributed by atoms with Crippen molar-refractivity contribution in [3.05, 3.63) is 0 Å². The first-order chi connectivity index (χ1) is 9.74. The minimum atomic E-state index is 0.246. The molecule has 0 heterocycles. The molecule has 6 heteroatoms. The Balaban J connectivity index is 3.73. The van der Waals surface area contributed by atoms with Crippen LogP contribution in [-0.2, 0) is 14.2 Å². The lowest BCUT2D eigenvalue weighted by Crippen LogP contribution is -2.44. The summed E-state index contributed by atoms with van der Waals surface area (Å²) in [5.74, 6) is 0.845. The van der Waals surface area contributed by atoms with E-state index >= 15 is 0 Å². The van der Waals surface area contributed by atoms with Gasteiger partial charge in [-0.1, -0.05) is 0 Å². The SMILES string of the molecule is CCNC(=NCCCCOCCOC)NC(C)COC. The van der Waals surface area contributed by atoms with E-state index in [2.05, 4.69) is 29.5 Å². The molecule has 120 valence electrons. The van der Waals surface area contributed by atoms with Crippen molar-refractivity contribution in [3.8, 4) is 0 Å². The van der Waals surface area contributed by atoms with Gasteiger partial charge >= 0.3 is 0 Å². The van der Waals surface area contributed by atoms with Crippen molar-refractivity contribution in [3.63, 3.8) is 0 Å². The lowest BCUT2D eigenvalue weighted by molar-refractivity contribution is 0.0690. The molecule has 0 amide bonds. The summed E-state index contributed by atoms with van der Waals surface area (Å²) in [5, 5.41) is 6.53. The van der Waals surface area contributed by atoms with E-state index in [4.69, 9.17) is 14.2 Å². The summed E-state index contributed by atoms with van der Waals surface area (Å²) in [6.45, 7) is 8.53. The van der Waals surface area contributed by atoms with Crippen molar-refractivity contribution in [2.24, 2.45) is 4.99 Å². The second-order valence-electron chi connectivity index (χ2n) is 4.57. The van der Waals surface area contributed by atoms with Gasteiger partial charge in [0.15, 0.2) is 5.96 Å². The van der Waals surface area contributed by atoms with Gasteiger partial charge in [0, 0.05) is 40.0 Å². The Labute approximate surface area is 123 Å². The Morgan fingerprint density at radius 2 is 1.90 bits per heavy atom. The number of hydrogen-bond acceptors (Lipinski definition) is 4. The fraction of sp³-hybridized carbons (Fsp3) is 0.929. The molecule has 0 rings (SSSR count). The van der Waals surface area contributed by atoms with E-state index in [0.29, 0.717) is 19.8 Å². The van der Waals surface area contributed by atoms with Crippen molar-refractivity contribution < 1.29 is 14.2 Å². The van der Waals surface area contributed by atoms with Gasteiger partial charge in [-0.15, -0.1) is 0 Å². The molecule has 0 aromatic heterocycles. The molecule has 0 aliphatic rings. The fourth-order valence-electron chi connectivity index (χ4n) is 1.60. The van der Waals surface area contributed by atoms with Crippen molar-refractivity contribution in [1.82, 2.24) is 10.6 Å². The van der Waals surface area contributed by atoms with Crippen LogP contribution in [0.1, 0.15) is 26.7 Å². The molecule has 1 unspecified atom stereocenters. The third-order valence-corrected chi connectivity index (χ3v) is 2.54. The van der Waals surface area contributed by atoms with Gasteiger partial charge in [-0.2, -0.15) is 0 Å². The number of methoxy groups -OCH3 is 2. The molecule has 2 N–H and O–H groups in total. The molecule has 0 fully saturated rings. The van der Waals surface area contributed by atoms with Crippen LogP contribution >= 0.6 is 0 Å². The molecule has 0 bridgehead atoms. The Morgan fingerprint density at radius 3 is 2.55 bits per heavy atom. The highest BCUT2D eigenvalue weighted by Crippen LogP contribution is 1.92. The quantitative estimate of drug-likeness (QED) is 0.319. The highest BCUT2D eigenvalue weighted by Gasteiger charge is 2.03. The molecule has 6 nitrogen and oxygen atoms in total. The maximum atomic E-state index is 5.40. The first-order valence-corrected chi connectivity index (χ1v) is 7.35. The van der Waals surface area contributed by atoms with E-state index in [1.165, 1.54) is 0 Å². The molecular weight excluding hydrogens is 258 g/mol. The van der Waals surface area contributed by atoms with Crippen LogP contribution < -0.4 is 10.6 Å². The highest BCUT2D eigenvalue weighted by atomic mass is 16.5. The lowest BCUT2D eigenvalue weighted by atomic mass is 10.3. The van der Waals surface area contributed by atoms with Crippen molar-refractivity contribution in [1.29, 1.82) is 0 Å². The van der Waals surface area contributed by atoms with E-state index in [9.17, 15) is 0 Å². The minimum Gasteiger partial charge on any atom is -0.383 e. The number of hydrogen-bond donors (Lipinski definition) is 2. The highest BCUT2D eigenvalue weighted by molar-refractivity contribution is 5.80. The van der Waals surface area contributed by atoms with Crippen LogP contribution in [-0.4, -0.2) is 65.7 Å². The van der Waals surface area contributed by atoms with Crippen molar-refractivity contribution in [2.75, 3.05) is 53.7 Å². The van der Waals surface area contributed by atoms with Crippen molar-refractivity contribution in [2.45, 2.75) is 32.7 Å². The van der Waals surface area contributed by atoms with Crippen LogP contribution in [0, 0.1) is 0 Å². The molecular formula is C14H31N3O3. The van der Waals surface area contributed by atoms with Crippen molar-refractivity contribution >= 4 is 5.96 Å². The average molecular weight is 289 g/mol. The normalized spacial score (nSPS) is 13.3. The molecule has 0 aromatic rings. The van der Waals surface area contributed by atoms with E-state index in [-0.39, 0.29) is 6.04 Å². The summed E-state index contributed by atoms with van der Waals surface area (Å²) >= 11 is 0. The van der Waals surface area contributed by atoms with Gasteiger partial charge in [0.2, 0.25) is 0 Å². The fourth-order valence-corrected chi connectivity index (χ4v) is 1.60. The van der Waals surface area contributed by atoms with Crippen LogP contribution in [0.4, 0.5) is 0 Å². The molecule has 1 atom stereocenters. The van der Waals surface area contributed by atoms with Gasteiger partial charge in [0.1, 0.15) is 0 Å². The van der Waals surface area contributed by atoms with Crippen LogP contribution in [0.5, 0.6) is 0 Å². The zero-order valence-electron chi connectivity index (χ0n) is 13.4. The topological polar surface area (TPSA) is 64.1 Å². The van der Waals surface area contributed by atoms with Crippen LogP contribution in [0.2, 0.25) is 0 Å². The van der Waals surface area contributed by atoms with Gasteiger partial charge in [-0.25, -0.2) is 0 Å². The Morgan fingerprint density at radius 1 is 1.10 bits per heavy atom. The zero-order chi connectivity index (χ0) is 15.1. The van der Waals surface area contributed by atoms with Crippen LogP contribution in [0.3, 0.4) is 0 Å². The number of nitrogens with zero attached hydrogens (tertiary/aromatic N) is 1. The lowest BCUT2D eigenvalue weighted by Gasteiger charge is -2.16. The number of guanidine groups is 1. The Hall–Kier alpha value is -0.850. The number of ether oxygens (including phenoxy) is 3. The predicted octanol–water partition coefficient (Wildman–Crippen LogP) is 1.02. The van der Waals surface area contributed by atoms with Gasteiger partial charge in [-0.05, 0) is 26.7 Å². The van der Waals surface area contributed by atoms with E-state index in [1.54, 1.807) is 14.2 Å². The van der Waals surface area contributed by atoms with E-state index < -0.39 is 0 Å². The summed E-state index contributed by atoms with van der Waals surface area (Å²) in [5.41, 5.74) is 0. The molecule has 0 aromatic carbocycles. The number of rotatable bonds is 12. The number of unbranched alkanes of at least 4 members (excludes halogenated alkanes) is 1. The van der Waals surface area contributed by atoms with Crippen LogP contribution in [0.15, 0.2) is 4.99 Å². The summed E-state index contributed by atoms with van der Waals surface area (Å²) in [7, 11) is 3.38.